The molecule has 0 aliphatic rings. The highest BCUT2D eigenvalue weighted by molar-refractivity contribution is 6.04. The number of hydrogen-bond donors (Lipinski definition) is 1. The average molecular weight is 309 g/mol. The lowest BCUT2D eigenvalue weighted by Crippen LogP contribution is -2.16. The largest absolute Gasteiger partial charge is 0.497 e. The number of hydrogen-bond acceptors (Lipinski definition) is 3. The van der Waals surface area contributed by atoms with Crippen LogP contribution in [0.2, 0.25) is 0 Å². The third-order valence-electron chi connectivity index (χ3n) is 3.65. The topological polar surface area (TPSA) is 55.6 Å². The number of imidazole rings is 1. The first-order valence-corrected chi connectivity index (χ1v) is 7.64. The lowest BCUT2D eigenvalue weighted by atomic mass is 10.2. The Balaban J connectivity index is 1.94. The second kappa shape index (κ2) is 6.52. The van der Waals surface area contributed by atoms with Crippen molar-refractivity contribution in [2.24, 2.45) is 0 Å². The first-order chi connectivity index (χ1) is 11.2. The zero-order chi connectivity index (χ0) is 16.2. The third kappa shape index (κ3) is 3.04. The van der Waals surface area contributed by atoms with E-state index in [1.165, 1.54) is 0 Å². The zero-order valence-electron chi connectivity index (χ0n) is 13.2. The molecule has 0 saturated heterocycles. The van der Waals surface area contributed by atoms with E-state index in [2.05, 4.69) is 17.2 Å². The maximum atomic E-state index is 12.7. The summed E-state index contributed by atoms with van der Waals surface area (Å²) in [4.78, 5) is 17.3. The Bertz CT molecular complexity index is 822. The van der Waals surface area contributed by atoms with Crippen LogP contribution in [0, 0.1) is 0 Å². The fourth-order valence-electron chi connectivity index (χ4n) is 2.56. The van der Waals surface area contributed by atoms with E-state index in [9.17, 15) is 4.79 Å². The molecular weight excluding hydrogens is 290 g/mol. The molecule has 0 fully saturated rings. The molecule has 5 nitrogen and oxygen atoms in total. The van der Waals surface area contributed by atoms with E-state index in [4.69, 9.17) is 4.74 Å². The highest BCUT2D eigenvalue weighted by Gasteiger charge is 2.18. The van der Waals surface area contributed by atoms with Gasteiger partial charge in [0.15, 0.2) is 0 Å². The van der Waals surface area contributed by atoms with E-state index in [1.807, 2.05) is 53.1 Å². The van der Waals surface area contributed by atoms with Crippen LogP contribution in [-0.4, -0.2) is 22.4 Å². The van der Waals surface area contributed by atoms with Gasteiger partial charge in [0.05, 0.1) is 12.8 Å². The van der Waals surface area contributed by atoms with E-state index >= 15 is 0 Å². The number of amides is 1. The molecule has 1 amide bonds. The van der Waals surface area contributed by atoms with Crippen LogP contribution >= 0.6 is 0 Å². The van der Waals surface area contributed by atoms with Crippen molar-refractivity contribution in [2.45, 2.75) is 19.8 Å². The normalized spacial score (nSPS) is 10.7. The molecule has 0 saturated carbocycles. The molecule has 0 aliphatic heterocycles. The van der Waals surface area contributed by atoms with E-state index in [0.29, 0.717) is 5.69 Å². The van der Waals surface area contributed by atoms with Crippen LogP contribution in [0.5, 0.6) is 5.75 Å². The Morgan fingerprint density at radius 2 is 2.00 bits per heavy atom. The second-order valence-electron chi connectivity index (χ2n) is 5.27. The number of benzene rings is 1. The number of aromatic nitrogens is 2. The molecule has 0 atom stereocenters. The molecule has 0 radical (unpaired) electrons. The highest BCUT2D eigenvalue weighted by atomic mass is 16.5. The summed E-state index contributed by atoms with van der Waals surface area (Å²) in [7, 11) is 1.61. The number of ether oxygens (including phenoxy) is 1. The van der Waals surface area contributed by atoms with Gasteiger partial charge in [0.1, 0.15) is 17.1 Å². The zero-order valence-corrected chi connectivity index (χ0v) is 13.2. The van der Waals surface area contributed by atoms with Gasteiger partial charge in [-0.3, -0.25) is 9.20 Å². The number of carbonyl (C=O) groups excluding carboxylic acids is 1. The van der Waals surface area contributed by atoms with E-state index in [1.54, 1.807) is 7.11 Å². The number of nitrogens with one attached hydrogen (secondary N) is 1. The predicted octanol–water partition coefficient (Wildman–Crippen LogP) is 3.55. The summed E-state index contributed by atoms with van der Waals surface area (Å²) in [6.07, 6.45) is 3.57. The molecule has 0 bridgehead atoms. The monoisotopic (exact) mass is 309 g/mol. The third-order valence-corrected chi connectivity index (χ3v) is 3.65. The number of carbonyl (C=O) groups is 1. The summed E-state index contributed by atoms with van der Waals surface area (Å²) in [6, 6.07) is 13.0. The molecule has 23 heavy (non-hydrogen) atoms. The number of rotatable bonds is 5. The standard InChI is InChI=1S/C18H19N3O2/c1-3-6-15-17(21-12-5-4-7-16(21)20-15)18(22)19-13-8-10-14(23-2)11-9-13/h4-5,7-12H,3,6H2,1-2H3,(H,19,22). The Hall–Kier alpha value is -2.82. The maximum Gasteiger partial charge on any atom is 0.274 e. The SMILES string of the molecule is CCCc1nc2ccccn2c1C(=O)Nc1ccc(OC)cc1. The molecule has 0 spiro atoms. The van der Waals surface area contributed by atoms with Crippen molar-refractivity contribution < 1.29 is 9.53 Å². The maximum absolute atomic E-state index is 12.7. The van der Waals surface area contributed by atoms with E-state index < -0.39 is 0 Å². The molecule has 5 heteroatoms. The van der Waals surface area contributed by atoms with Crippen LogP contribution in [0.15, 0.2) is 48.7 Å². The first-order valence-electron chi connectivity index (χ1n) is 7.64. The Morgan fingerprint density at radius 1 is 1.22 bits per heavy atom. The first kappa shape index (κ1) is 15.1. The van der Waals surface area contributed by atoms with Gasteiger partial charge in [0.25, 0.3) is 5.91 Å². The molecule has 3 aromatic rings. The van der Waals surface area contributed by atoms with Crippen molar-refractivity contribution in [1.29, 1.82) is 0 Å². The van der Waals surface area contributed by atoms with Gasteiger partial charge in [-0.15, -0.1) is 0 Å². The molecule has 1 aromatic carbocycles. The van der Waals surface area contributed by atoms with Gasteiger partial charge >= 0.3 is 0 Å². The van der Waals surface area contributed by atoms with Gasteiger partial charge in [0.2, 0.25) is 0 Å². The van der Waals surface area contributed by atoms with Crippen LogP contribution in [0.4, 0.5) is 5.69 Å². The van der Waals surface area contributed by atoms with Gasteiger partial charge in [0, 0.05) is 11.9 Å². The second-order valence-corrected chi connectivity index (χ2v) is 5.27. The van der Waals surface area contributed by atoms with Crippen molar-refractivity contribution in [3.05, 3.63) is 60.0 Å². The van der Waals surface area contributed by atoms with Gasteiger partial charge in [-0.1, -0.05) is 19.4 Å². The van der Waals surface area contributed by atoms with Crippen LogP contribution in [0.1, 0.15) is 29.5 Å². The van der Waals surface area contributed by atoms with Gasteiger partial charge in [-0.2, -0.15) is 0 Å². The molecule has 0 aliphatic carbocycles. The van der Waals surface area contributed by atoms with Crippen molar-refractivity contribution in [3.8, 4) is 5.75 Å². The number of anilines is 1. The Kier molecular flexibility index (Phi) is 4.28. The van der Waals surface area contributed by atoms with Crippen LogP contribution in [0.25, 0.3) is 5.65 Å². The fraction of sp³-hybridized carbons (Fsp3) is 0.222. The number of nitrogens with zero attached hydrogens (tertiary/aromatic N) is 2. The van der Waals surface area contributed by atoms with Gasteiger partial charge < -0.3 is 10.1 Å². The van der Waals surface area contributed by atoms with Crippen LogP contribution in [-0.2, 0) is 6.42 Å². The molecule has 2 heterocycles. The van der Waals surface area contributed by atoms with Gasteiger partial charge in [-0.05, 0) is 42.8 Å². The van der Waals surface area contributed by atoms with Gasteiger partial charge in [-0.25, -0.2) is 4.98 Å². The smallest absolute Gasteiger partial charge is 0.274 e. The molecule has 1 N–H and O–H groups in total. The number of methoxy groups -OCH3 is 1. The van der Waals surface area contributed by atoms with E-state index in [-0.39, 0.29) is 5.91 Å². The summed E-state index contributed by atoms with van der Waals surface area (Å²) in [6.45, 7) is 2.08. The molecule has 118 valence electrons. The van der Waals surface area contributed by atoms with Crippen molar-refractivity contribution in [1.82, 2.24) is 9.38 Å². The molecule has 0 unspecified atom stereocenters. The highest BCUT2D eigenvalue weighted by Crippen LogP contribution is 2.19. The summed E-state index contributed by atoms with van der Waals surface area (Å²) < 4.78 is 6.97. The Labute approximate surface area is 134 Å². The minimum Gasteiger partial charge on any atom is -0.497 e. The predicted molar refractivity (Wildman–Crippen MR) is 90.1 cm³/mol. The van der Waals surface area contributed by atoms with E-state index in [0.717, 1.165) is 35.6 Å². The lowest BCUT2D eigenvalue weighted by Gasteiger charge is -2.07. The van der Waals surface area contributed by atoms with Crippen molar-refractivity contribution in [3.63, 3.8) is 0 Å². The lowest BCUT2D eigenvalue weighted by molar-refractivity contribution is 0.102. The molecular formula is C18H19N3O2. The summed E-state index contributed by atoms with van der Waals surface area (Å²) >= 11 is 0. The van der Waals surface area contributed by atoms with Crippen molar-refractivity contribution >= 4 is 17.2 Å². The minimum atomic E-state index is -0.155. The van der Waals surface area contributed by atoms with Crippen LogP contribution < -0.4 is 10.1 Å². The summed E-state index contributed by atoms with van der Waals surface area (Å²) in [5.41, 5.74) is 2.93. The summed E-state index contributed by atoms with van der Waals surface area (Å²) in [5, 5.41) is 2.93. The number of aryl methyl sites for hydroxylation is 1. The Morgan fingerprint density at radius 3 is 2.70 bits per heavy atom. The molecule has 3 rings (SSSR count). The molecule has 2 aromatic heterocycles. The quantitative estimate of drug-likeness (QED) is 0.784. The van der Waals surface area contributed by atoms with Crippen LogP contribution in [0.3, 0.4) is 0 Å². The fourth-order valence-corrected chi connectivity index (χ4v) is 2.56. The minimum absolute atomic E-state index is 0.155. The van der Waals surface area contributed by atoms with Crippen molar-refractivity contribution in [2.75, 3.05) is 12.4 Å². The average Bonchev–Trinajstić information content (AvgIpc) is 2.94. The number of fused-ring (bicyclic) bond motifs is 1. The summed E-state index contributed by atoms with van der Waals surface area (Å²) in [5.74, 6) is 0.599. The number of pyridine rings is 1.